The highest BCUT2D eigenvalue weighted by molar-refractivity contribution is 7.97. The summed E-state index contributed by atoms with van der Waals surface area (Å²) in [4.78, 5) is 23.5. The number of carbonyl (C=O) groups excluding carboxylic acids is 2. The Labute approximate surface area is 155 Å². The van der Waals surface area contributed by atoms with E-state index >= 15 is 0 Å². The summed E-state index contributed by atoms with van der Waals surface area (Å²) < 4.78 is 24.9. The minimum Gasteiger partial charge on any atom is -0.493 e. The topological polar surface area (TPSA) is 93.7 Å². The first-order valence-corrected chi connectivity index (χ1v) is 10.2. The van der Waals surface area contributed by atoms with Crippen molar-refractivity contribution in [3.05, 3.63) is 23.8 Å². The fourth-order valence-electron chi connectivity index (χ4n) is 2.47. The number of nitrogens with one attached hydrogen (secondary N) is 2. The summed E-state index contributed by atoms with van der Waals surface area (Å²) >= 11 is 0. The molecule has 0 heterocycles. The predicted molar refractivity (Wildman–Crippen MR) is 104 cm³/mol. The lowest BCUT2D eigenvalue weighted by Crippen LogP contribution is -2.56. The van der Waals surface area contributed by atoms with E-state index < -0.39 is 21.2 Å². The van der Waals surface area contributed by atoms with Crippen molar-refractivity contribution < 1.29 is 23.3 Å². The summed E-state index contributed by atoms with van der Waals surface area (Å²) in [6.45, 7) is 6.50. The third kappa shape index (κ3) is 7.05. The molecule has 0 spiro atoms. The Kier molecular flexibility index (Phi) is 7.23. The maximum Gasteiger partial charge on any atom is 0.308 e. The molecule has 1 aromatic carbocycles. The van der Waals surface area contributed by atoms with E-state index in [1.807, 2.05) is 13.0 Å². The number of hydrogen-bond donors (Lipinski definition) is 2. The van der Waals surface area contributed by atoms with E-state index in [9.17, 15) is 13.8 Å². The normalized spacial score (nSPS) is 14.8. The molecule has 8 heteroatoms. The molecular weight excluding hydrogens is 356 g/mol. The Hall–Kier alpha value is -2.06. The molecule has 0 radical (unpaired) electrons. The Morgan fingerprint density at radius 3 is 2.42 bits per heavy atom. The minimum absolute atomic E-state index is 0.175. The van der Waals surface area contributed by atoms with Crippen molar-refractivity contribution >= 4 is 27.5 Å². The quantitative estimate of drug-likeness (QED) is 0.400. The van der Waals surface area contributed by atoms with Gasteiger partial charge in [0, 0.05) is 28.9 Å². The fraction of sp³-hybridized carbons (Fsp3) is 0.500. The third-order valence-electron chi connectivity index (χ3n) is 3.44. The zero-order valence-corrected chi connectivity index (χ0v) is 17.0. The molecule has 0 aliphatic carbocycles. The lowest BCUT2D eigenvalue weighted by molar-refractivity contribution is -0.132. The van der Waals surface area contributed by atoms with Gasteiger partial charge in [-0.25, -0.2) is 4.72 Å². The van der Waals surface area contributed by atoms with Crippen LogP contribution >= 0.6 is 0 Å². The van der Waals surface area contributed by atoms with Gasteiger partial charge < -0.3 is 14.8 Å². The van der Waals surface area contributed by atoms with Gasteiger partial charge in [-0.15, -0.1) is 0 Å². The minimum atomic E-state index is -2.51. The summed E-state index contributed by atoms with van der Waals surface area (Å²) in [5.41, 5.74) is -0.105. The number of hydrogen-bond acceptors (Lipinski definition) is 5. The first-order chi connectivity index (χ1) is 11.8. The van der Waals surface area contributed by atoms with Gasteiger partial charge in [-0.05, 0) is 50.8 Å². The summed E-state index contributed by atoms with van der Waals surface area (Å²) in [5.74, 6) is 3.61. The third-order valence-corrected chi connectivity index (χ3v) is 4.38. The molecule has 1 amide bonds. The SMILES string of the molecule is C=S(C)(=O)NC(C)(C)C(=O)NC(C)Cc1ccc(OC(C)=O)c(OC)c1. The molecule has 7 nitrogen and oxygen atoms in total. The molecule has 26 heavy (non-hydrogen) atoms. The summed E-state index contributed by atoms with van der Waals surface area (Å²) in [6.07, 6.45) is 1.99. The van der Waals surface area contributed by atoms with Crippen LogP contribution in [0.4, 0.5) is 0 Å². The Morgan fingerprint density at radius 1 is 1.31 bits per heavy atom. The zero-order chi connectivity index (χ0) is 20.1. The van der Waals surface area contributed by atoms with Gasteiger partial charge in [0.15, 0.2) is 11.5 Å². The van der Waals surface area contributed by atoms with E-state index in [1.165, 1.54) is 20.3 Å². The van der Waals surface area contributed by atoms with E-state index in [4.69, 9.17) is 9.47 Å². The van der Waals surface area contributed by atoms with Gasteiger partial charge in [0.05, 0.1) is 7.11 Å². The molecule has 0 aliphatic heterocycles. The van der Waals surface area contributed by atoms with E-state index in [1.54, 1.807) is 26.0 Å². The summed E-state index contributed by atoms with van der Waals surface area (Å²) in [6, 6.07) is 5.05. The van der Waals surface area contributed by atoms with Gasteiger partial charge in [0.1, 0.15) is 5.54 Å². The highest BCUT2D eigenvalue weighted by Crippen LogP contribution is 2.28. The first kappa shape index (κ1) is 22.0. The molecular formula is C18H28N2O5S. The van der Waals surface area contributed by atoms with Crippen molar-refractivity contribution in [1.29, 1.82) is 0 Å². The zero-order valence-electron chi connectivity index (χ0n) is 16.2. The van der Waals surface area contributed by atoms with Crippen molar-refractivity contribution in [2.75, 3.05) is 13.4 Å². The van der Waals surface area contributed by atoms with Crippen LogP contribution in [-0.4, -0.2) is 46.9 Å². The second-order valence-electron chi connectivity index (χ2n) is 6.89. The highest BCUT2D eigenvalue weighted by atomic mass is 32.2. The summed E-state index contributed by atoms with van der Waals surface area (Å²) in [7, 11) is -1.02. The maximum atomic E-state index is 12.4. The molecule has 0 aromatic heterocycles. The Balaban J connectivity index is 2.80. The Morgan fingerprint density at radius 2 is 1.92 bits per heavy atom. The molecule has 2 atom stereocenters. The first-order valence-electron chi connectivity index (χ1n) is 8.11. The van der Waals surface area contributed by atoms with E-state index in [-0.39, 0.29) is 11.9 Å². The number of methoxy groups -OCH3 is 1. The number of ether oxygens (including phenoxy) is 2. The van der Waals surface area contributed by atoms with Crippen LogP contribution in [0.5, 0.6) is 11.5 Å². The largest absolute Gasteiger partial charge is 0.493 e. The van der Waals surface area contributed by atoms with Crippen LogP contribution in [0, 0.1) is 0 Å². The van der Waals surface area contributed by atoms with Crippen molar-refractivity contribution in [3.63, 3.8) is 0 Å². The van der Waals surface area contributed by atoms with Crippen LogP contribution in [-0.2, 0) is 25.7 Å². The molecule has 146 valence electrons. The summed E-state index contributed by atoms with van der Waals surface area (Å²) in [5, 5.41) is 2.89. The molecule has 0 fully saturated rings. The molecule has 1 rings (SSSR count). The van der Waals surface area contributed by atoms with E-state index in [0.29, 0.717) is 17.9 Å². The number of benzene rings is 1. The van der Waals surface area contributed by atoms with Gasteiger partial charge >= 0.3 is 5.97 Å². The van der Waals surface area contributed by atoms with Gasteiger partial charge in [0.2, 0.25) is 5.91 Å². The van der Waals surface area contributed by atoms with E-state index in [2.05, 4.69) is 15.9 Å². The molecule has 2 N–H and O–H groups in total. The molecule has 0 aliphatic rings. The van der Waals surface area contributed by atoms with Crippen LogP contribution in [0.15, 0.2) is 18.2 Å². The second kappa shape index (κ2) is 8.55. The van der Waals surface area contributed by atoms with Gasteiger partial charge in [-0.1, -0.05) is 6.07 Å². The lowest BCUT2D eigenvalue weighted by Gasteiger charge is -2.28. The van der Waals surface area contributed by atoms with Gasteiger partial charge in [-0.2, -0.15) is 0 Å². The predicted octanol–water partition coefficient (Wildman–Crippen LogP) is 1.30. The number of rotatable bonds is 8. The second-order valence-corrected chi connectivity index (χ2v) is 9.10. The number of amides is 1. The molecule has 2 unspecified atom stereocenters. The Bertz CT molecular complexity index is 772. The van der Waals surface area contributed by atoms with Crippen LogP contribution in [0.3, 0.4) is 0 Å². The van der Waals surface area contributed by atoms with Gasteiger partial charge in [0.25, 0.3) is 0 Å². The molecule has 0 saturated carbocycles. The van der Waals surface area contributed by atoms with Crippen molar-refractivity contribution in [2.24, 2.45) is 0 Å². The fourth-order valence-corrected chi connectivity index (χ4v) is 3.65. The molecule has 1 aromatic rings. The van der Waals surface area contributed by atoms with Crippen LogP contribution in [0.25, 0.3) is 0 Å². The number of carbonyl (C=O) groups is 2. The average Bonchev–Trinajstić information content (AvgIpc) is 2.45. The standard InChI is InChI=1S/C18H28N2O5S/c1-12(19-17(22)18(3,4)20-26(6,7)23)10-14-8-9-15(25-13(2)21)16(11-14)24-5/h8-9,11-12H,6,10H2,1-5,7H3,(H,19,22)(H,20,23). The molecule has 0 saturated heterocycles. The highest BCUT2D eigenvalue weighted by Gasteiger charge is 2.29. The monoisotopic (exact) mass is 384 g/mol. The molecule has 0 bridgehead atoms. The maximum absolute atomic E-state index is 12.4. The van der Waals surface area contributed by atoms with Crippen LogP contribution in [0.2, 0.25) is 0 Å². The van der Waals surface area contributed by atoms with E-state index in [0.717, 1.165) is 5.56 Å². The lowest BCUT2D eigenvalue weighted by atomic mass is 10.0. The average molecular weight is 384 g/mol. The van der Waals surface area contributed by atoms with Crippen molar-refractivity contribution in [3.8, 4) is 11.5 Å². The smallest absolute Gasteiger partial charge is 0.308 e. The van der Waals surface area contributed by atoms with Crippen molar-refractivity contribution in [1.82, 2.24) is 10.0 Å². The number of esters is 1. The van der Waals surface area contributed by atoms with Gasteiger partial charge in [-0.3, -0.25) is 13.8 Å². The van der Waals surface area contributed by atoms with Crippen LogP contribution < -0.4 is 19.5 Å². The van der Waals surface area contributed by atoms with Crippen molar-refractivity contribution in [2.45, 2.75) is 45.7 Å². The van der Waals surface area contributed by atoms with Crippen LogP contribution in [0.1, 0.15) is 33.3 Å².